The van der Waals surface area contributed by atoms with Gasteiger partial charge in [0.05, 0.1) is 18.3 Å². The summed E-state index contributed by atoms with van der Waals surface area (Å²) in [6.45, 7) is 1.83. The zero-order valence-electron chi connectivity index (χ0n) is 8.52. The van der Waals surface area contributed by atoms with Gasteiger partial charge in [0.1, 0.15) is 0 Å². The number of aryl methyl sites for hydroxylation is 1. The molecule has 2 rings (SSSR count). The van der Waals surface area contributed by atoms with Crippen LogP contribution in [-0.4, -0.2) is 23.0 Å². The van der Waals surface area contributed by atoms with Crippen molar-refractivity contribution in [3.63, 3.8) is 0 Å². The standard InChI is InChI=1S/C10H11N3O2/c1-6-8-4-3-7(11)5-9(8)13(12-6)10(14)15-2/h3-5H,11H2,1-2H3. The maximum absolute atomic E-state index is 11.4. The lowest BCUT2D eigenvalue weighted by atomic mass is 10.2. The second-order valence-electron chi connectivity index (χ2n) is 3.24. The van der Waals surface area contributed by atoms with Gasteiger partial charge in [-0.25, -0.2) is 4.79 Å². The maximum atomic E-state index is 11.4. The summed E-state index contributed by atoms with van der Waals surface area (Å²) in [6, 6.07) is 5.32. The molecule has 0 atom stereocenters. The highest BCUT2D eigenvalue weighted by molar-refractivity contribution is 5.91. The molecule has 0 bridgehead atoms. The van der Waals surface area contributed by atoms with Crippen LogP contribution in [-0.2, 0) is 4.74 Å². The summed E-state index contributed by atoms with van der Waals surface area (Å²) in [6.07, 6.45) is -0.515. The van der Waals surface area contributed by atoms with Gasteiger partial charge in [-0.05, 0) is 25.1 Å². The summed E-state index contributed by atoms with van der Waals surface area (Å²) >= 11 is 0. The fraction of sp³-hybridized carbons (Fsp3) is 0.200. The molecular weight excluding hydrogens is 194 g/mol. The van der Waals surface area contributed by atoms with E-state index in [2.05, 4.69) is 9.84 Å². The topological polar surface area (TPSA) is 70.1 Å². The smallest absolute Gasteiger partial charge is 0.434 e. The van der Waals surface area contributed by atoms with Gasteiger partial charge in [0.25, 0.3) is 0 Å². The van der Waals surface area contributed by atoms with Crippen LogP contribution in [0.3, 0.4) is 0 Å². The first kappa shape index (κ1) is 9.51. The molecular formula is C10H11N3O2. The second-order valence-corrected chi connectivity index (χ2v) is 3.24. The van der Waals surface area contributed by atoms with Crippen molar-refractivity contribution >= 4 is 22.7 Å². The van der Waals surface area contributed by atoms with Crippen LogP contribution >= 0.6 is 0 Å². The number of ether oxygens (including phenoxy) is 1. The molecule has 15 heavy (non-hydrogen) atoms. The molecule has 2 N–H and O–H groups in total. The number of nitrogen functional groups attached to an aromatic ring is 1. The molecule has 0 fully saturated rings. The van der Waals surface area contributed by atoms with Gasteiger partial charge >= 0.3 is 6.09 Å². The number of carbonyl (C=O) groups excluding carboxylic acids is 1. The normalized spacial score (nSPS) is 10.5. The fourth-order valence-electron chi connectivity index (χ4n) is 1.51. The zero-order chi connectivity index (χ0) is 11.0. The molecule has 5 nitrogen and oxygen atoms in total. The Morgan fingerprint density at radius 2 is 2.27 bits per heavy atom. The highest BCUT2D eigenvalue weighted by Gasteiger charge is 2.13. The predicted molar refractivity (Wildman–Crippen MR) is 56.7 cm³/mol. The molecule has 0 saturated carbocycles. The highest BCUT2D eigenvalue weighted by Crippen LogP contribution is 2.20. The van der Waals surface area contributed by atoms with Crippen molar-refractivity contribution in [3.05, 3.63) is 23.9 Å². The Balaban J connectivity index is 2.75. The van der Waals surface area contributed by atoms with E-state index in [1.54, 1.807) is 12.1 Å². The van der Waals surface area contributed by atoms with Crippen LogP contribution in [0.2, 0.25) is 0 Å². The van der Waals surface area contributed by atoms with Crippen LogP contribution in [0, 0.1) is 6.92 Å². The van der Waals surface area contributed by atoms with Crippen LogP contribution in [0.5, 0.6) is 0 Å². The minimum absolute atomic E-state index is 0.515. The van der Waals surface area contributed by atoms with E-state index in [0.29, 0.717) is 11.2 Å². The lowest BCUT2D eigenvalue weighted by Crippen LogP contribution is -2.12. The van der Waals surface area contributed by atoms with E-state index < -0.39 is 6.09 Å². The molecule has 0 spiro atoms. The third-order valence-corrected chi connectivity index (χ3v) is 2.24. The van der Waals surface area contributed by atoms with E-state index >= 15 is 0 Å². The monoisotopic (exact) mass is 205 g/mol. The largest absolute Gasteiger partial charge is 0.451 e. The Labute approximate surface area is 86.4 Å². The number of methoxy groups -OCH3 is 1. The Kier molecular flexibility index (Phi) is 2.07. The van der Waals surface area contributed by atoms with E-state index in [-0.39, 0.29) is 0 Å². The molecule has 0 amide bonds. The summed E-state index contributed by atoms with van der Waals surface area (Å²) in [7, 11) is 1.32. The SMILES string of the molecule is COC(=O)n1nc(C)c2ccc(N)cc21. The lowest BCUT2D eigenvalue weighted by Gasteiger charge is -1.99. The number of fused-ring (bicyclic) bond motifs is 1. The third-order valence-electron chi connectivity index (χ3n) is 2.24. The van der Waals surface area contributed by atoms with Crippen molar-refractivity contribution in [2.45, 2.75) is 6.92 Å². The van der Waals surface area contributed by atoms with Crippen LogP contribution in [0.15, 0.2) is 18.2 Å². The summed E-state index contributed by atoms with van der Waals surface area (Å²) in [5.41, 5.74) is 7.68. The molecule has 0 aliphatic carbocycles. The number of benzene rings is 1. The molecule has 0 aliphatic heterocycles. The molecule has 0 aliphatic rings. The number of hydrogen-bond donors (Lipinski definition) is 1. The number of nitrogens with zero attached hydrogens (tertiary/aromatic N) is 2. The summed E-state index contributed by atoms with van der Waals surface area (Å²) in [5, 5.41) is 4.99. The Bertz CT molecular complexity index is 531. The van der Waals surface area contributed by atoms with Crippen LogP contribution in [0.1, 0.15) is 5.69 Å². The summed E-state index contributed by atoms with van der Waals surface area (Å²) < 4.78 is 5.83. The molecule has 78 valence electrons. The fourth-order valence-corrected chi connectivity index (χ4v) is 1.51. The van der Waals surface area contributed by atoms with Crippen molar-refractivity contribution in [1.29, 1.82) is 0 Å². The molecule has 0 unspecified atom stereocenters. The van der Waals surface area contributed by atoms with Crippen molar-refractivity contribution in [2.75, 3.05) is 12.8 Å². The van der Waals surface area contributed by atoms with Gasteiger partial charge in [-0.15, -0.1) is 0 Å². The molecule has 0 saturated heterocycles. The number of hydrogen-bond acceptors (Lipinski definition) is 4. The van der Waals surface area contributed by atoms with Gasteiger partial charge in [0.2, 0.25) is 0 Å². The molecule has 0 radical (unpaired) electrons. The summed E-state index contributed by atoms with van der Waals surface area (Å²) in [5.74, 6) is 0. The molecule has 1 aromatic heterocycles. The third kappa shape index (κ3) is 1.41. The maximum Gasteiger partial charge on any atom is 0.434 e. The van der Waals surface area contributed by atoms with E-state index in [9.17, 15) is 4.79 Å². The molecule has 5 heteroatoms. The van der Waals surface area contributed by atoms with Crippen molar-refractivity contribution in [1.82, 2.24) is 9.78 Å². The predicted octanol–water partition coefficient (Wildman–Crippen LogP) is 1.54. The number of rotatable bonds is 0. The quantitative estimate of drug-likeness (QED) is 0.662. The van der Waals surface area contributed by atoms with Crippen LogP contribution < -0.4 is 5.73 Å². The number of carbonyl (C=O) groups is 1. The van der Waals surface area contributed by atoms with Gasteiger partial charge in [-0.3, -0.25) is 0 Å². The van der Waals surface area contributed by atoms with Crippen molar-refractivity contribution < 1.29 is 9.53 Å². The number of nitrogens with two attached hydrogens (primary N) is 1. The van der Waals surface area contributed by atoms with E-state index in [1.165, 1.54) is 11.8 Å². The van der Waals surface area contributed by atoms with E-state index in [0.717, 1.165) is 11.1 Å². The number of aromatic nitrogens is 2. The zero-order valence-corrected chi connectivity index (χ0v) is 8.52. The van der Waals surface area contributed by atoms with Crippen LogP contribution in [0.25, 0.3) is 10.9 Å². The van der Waals surface area contributed by atoms with E-state index in [1.807, 2.05) is 13.0 Å². The molecule has 2 aromatic rings. The van der Waals surface area contributed by atoms with Gasteiger partial charge in [-0.1, -0.05) is 0 Å². The minimum atomic E-state index is -0.515. The van der Waals surface area contributed by atoms with E-state index in [4.69, 9.17) is 5.73 Å². The van der Waals surface area contributed by atoms with Gasteiger partial charge < -0.3 is 10.5 Å². The highest BCUT2D eigenvalue weighted by atomic mass is 16.5. The molecule has 1 heterocycles. The van der Waals surface area contributed by atoms with Gasteiger partial charge in [-0.2, -0.15) is 9.78 Å². The first-order valence-electron chi connectivity index (χ1n) is 4.46. The van der Waals surface area contributed by atoms with Crippen LogP contribution in [0.4, 0.5) is 10.5 Å². The number of anilines is 1. The van der Waals surface area contributed by atoms with Crippen molar-refractivity contribution in [2.24, 2.45) is 0 Å². The molecule has 1 aromatic carbocycles. The second kappa shape index (κ2) is 3.27. The first-order valence-corrected chi connectivity index (χ1v) is 4.46. The van der Waals surface area contributed by atoms with Gasteiger partial charge in [0.15, 0.2) is 0 Å². The Morgan fingerprint density at radius 1 is 1.53 bits per heavy atom. The Morgan fingerprint density at radius 3 is 2.93 bits per heavy atom. The van der Waals surface area contributed by atoms with Crippen molar-refractivity contribution in [3.8, 4) is 0 Å². The Hall–Kier alpha value is -2.04. The average molecular weight is 205 g/mol. The first-order chi connectivity index (χ1) is 7.13. The average Bonchev–Trinajstić information content (AvgIpc) is 2.54. The lowest BCUT2D eigenvalue weighted by molar-refractivity contribution is 0.170. The van der Waals surface area contributed by atoms with Gasteiger partial charge in [0, 0.05) is 11.1 Å². The minimum Gasteiger partial charge on any atom is -0.451 e. The summed E-state index contributed by atoms with van der Waals surface area (Å²) in [4.78, 5) is 11.4.